The molecule has 13 nitrogen and oxygen atoms in total. The van der Waals surface area contributed by atoms with Gasteiger partial charge in [0.25, 0.3) is 17.4 Å². The summed E-state index contributed by atoms with van der Waals surface area (Å²) >= 11 is 0. The van der Waals surface area contributed by atoms with Gasteiger partial charge in [0.15, 0.2) is 6.04 Å². The number of nitrogens with one attached hydrogen (secondary N) is 4. The molecule has 2 fully saturated rings. The van der Waals surface area contributed by atoms with Crippen molar-refractivity contribution in [3.05, 3.63) is 34.9 Å². The van der Waals surface area contributed by atoms with Crippen LogP contribution in [0.25, 0.3) is 0 Å². The first-order valence-corrected chi connectivity index (χ1v) is 12.0. The highest BCUT2D eigenvalue weighted by Gasteiger charge is 2.78. The van der Waals surface area contributed by atoms with Crippen LogP contribution < -0.4 is 32.4 Å². The minimum absolute atomic E-state index is 0.0440. The smallest absolute Gasteiger partial charge is 0.347 e. The van der Waals surface area contributed by atoms with E-state index in [0.29, 0.717) is 12.0 Å². The van der Waals surface area contributed by atoms with Crippen LogP contribution in [-0.2, 0) is 16.0 Å². The van der Waals surface area contributed by atoms with Crippen LogP contribution in [0.2, 0.25) is 0 Å². The molecule has 4 heterocycles. The van der Waals surface area contributed by atoms with Crippen LogP contribution >= 0.6 is 0 Å². The number of aryl methyl sites for hydroxylation is 1. The van der Waals surface area contributed by atoms with Gasteiger partial charge in [-0.1, -0.05) is 19.1 Å². The van der Waals surface area contributed by atoms with Crippen LogP contribution in [0.1, 0.15) is 41.3 Å². The van der Waals surface area contributed by atoms with Crippen molar-refractivity contribution in [3.8, 4) is 0 Å². The van der Waals surface area contributed by atoms with E-state index < -0.39 is 35.5 Å². The lowest BCUT2D eigenvalue weighted by Crippen LogP contribution is -2.92. The molecule has 1 aromatic rings. The summed E-state index contributed by atoms with van der Waals surface area (Å²) in [5, 5.41) is 32.0. The Morgan fingerprint density at radius 3 is 2.64 bits per heavy atom. The summed E-state index contributed by atoms with van der Waals surface area (Å²) in [7, 11) is 0. The quantitative estimate of drug-likeness (QED) is 0.111. The minimum Gasteiger partial charge on any atom is -0.358 e. The van der Waals surface area contributed by atoms with Crippen LogP contribution in [0, 0.1) is 6.92 Å². The molecule has 13 heteroatoms. The van der Waals surface area contributed by atoms with Crippen molar-refractivity contribution in [3.63, 3.8) is 0 Å². The lowest BCUT2D eigenvalue weighted by atomic mass is 9.85. The molecule has 10 N–H and O–H groups in total. The van der Waals surface area contributed by atoms with Gasteiger partial charge >= 0.3 is 11.9 Å². The fourth-order valence-electron chi connectivity index (χ4n) is 6.04. The number of aliphatic hydroxyl groups is 2. The summed E-state index contributed by atoms with van der Waals surface area (Å²) in [5.74, 6) is -3.45. The van der Waals surface area contributed by atoms with Crippen molar-refractivity contribution < 1.29 is 34.2 Å². The highest BCUT2D eigenvalue weighted by molar-refractivity contribution is 6.02. The number of guanidine groups is 2. The standard InChI is InChI=1S/C23H30N8O5/c1-3-12-11(2)5-4-6-13(12)19(34)27-15-10-31-21(25)26-14(9-30-16(32)7-8-17(30)33)18-22(31,23(15,35)36)29-20(24)28-18/h4-6,14-15,18,35-36H,3,7-10H2,1-2H3,(H6,24,25,26,27,28,29,34)/p+2/t14-,15?,18-,22-/m0/s1. The Hall–Kier alpha value is -3.71. The summed E-state index contributed by atoms with van der Waals surface area (Å²) in [4.78, 5) is 41.9. The van der Waals surface area contributed by atoms with Crippen molar-refractivity contribution >= 4 is 29.6 Å². The summed E-state index contributed by atoms with van der Waals surface area (Å²) in [5.41, 5.74) is 13.0. The minimum atomic E-state index is -2.55. The van der Waals surface area contributed by atoms with Gasteiger partial charge in [0.05, 0.1) is 13.1 Å². The average molecular weight is 501 g/mol. The van der Waals surface area contributed by atoms with Crippen molar-refractivity contribution in [1.29, 1.82) is 0 Å². The van der Waals surface area contributed by atoms with E-state index in [9.17, 15) is 24.6 Å². The zero-order valence-corrected chi connectivity index (χ0v) is 20.2. The number of amides is 3. The molecular weight excluding hydrogens is 468 g/mol. The maximum absolute atomic E-state index is 13.3. The molecule has 0 bridgehead atoms. The molecule has 0 radical (unpaired) electrons. The lowest BCUT2D eigenvalue weighted by Gasteiger charge is -2.41. The molecule has 4 aliphatic heterocycles. The summed E-state index contributed by atoms with van der Waals surface area (Å²) < 4.78 is 1.51. The molecule has 0 aromatic heterocycles. The van der Waals surface area contributed by atoms with E-state index >= 15 is 0 Å². The zero-order chi connectivity index (χ0) is 26.0. The Balaban J connectivity index is 1.48. The van der Waals surface area contributed by atoms with Gasteiger partial charge in [0, 0.05) is 18.4 Å². The number of nitrogens with zero attached hydrogens (tertiary/aromatic N) is 2. The monoisotopic (exact) mass is 500 g/mol. The molecule has 5 rings (SSSR count). The van der Waals surface area contributed by atoms with Crippen molar-refractivity contribution in [2.75, 3.05) is 13.1 Å². The van der Waals surface area contributed by atoms with Gasteiger partial charge in [0.1, 0.15) is 12.1 Å². The van der Waals surface area contributed by atoms with Gasteiger partial charge < -0.3 is 15.5 Å². The van der Waals surface area contributed by atoms with Gasteiger partial charge in [-0.15, -0.1) is 0 Å². The number of hydrogen-bond donors (Lipinski definition) is 8. The molecule has 4 atom stereocenters. The molecule has 3 amide bonds. The third-order valence-electron chi connectivity index (χ3n) is 7.80. The van der Waals surface area contributed by atoms with Crippen LogP contribution in [0.4, 0.5) is 0 Å². The summed E-state index contributed by atoms with van der Waals surface area (Å²) in [6.45, 7) is 3.78. The molecule has 2 saturated heterocycles. The molecule has 36 heavy (non-hydrogen) atoms. The number of benzene rings is 1. The van der Waals surface area contributed by atoms with Gasteiger partial charge in [-0.3, -0.25) is 41.1 Å². The predicted molar refractivity (Wildman–Crippen MR) is 126 cm³/mol. The third-order valence-corrected chi connectivity index (χ3v) is 7.80. The molecular formula is C23H32N8O5+2. The molecule has 0 saturated carbocycles. The highest BCUT2D eigenvalue weighted by Crippen LogP contribution is 2.38. The van der Waals surface area contributed by atoms with Crippen molar-refractivity contribution in [2.45, 2.75) is 62.7 Å². The number of nitrogens with two attached hydrogens (primary N) is 2. The van der Waals surface area contributed by atoms with E-state index in [1.807, 2.05) is 19.9 Å². The van der Waals surface area contributed by atoms with Crippen molar-refractivity contribution in [2.24, 2.45) is 11.5 Å². The molecule has 4 aliphatic rings. The number of imide groups is 1. The second-order valence-corrected chi connectivity index (χ2v) is 9.78. The number of carbonyl (C=O) groups excluding carboxylic acids is 3. The van der Waals surface area contributed by atoms with E-state index in [-0.39, 0.29) is 49.7 Å². The van der Waals surface area contributed by atoms with Gasteiger partial charge in [-0.25, -0.2) is 9.89 Å². The third kappa shape index (κ3) is 3.26. The molecule has 1 aromatic carbocycles. The summed E-state index contributed by atoms with van der Waals surface area (Å²) in [6.07, 6.45) is 0.894. The molecule has 1 unspecified atom stereocenters. The normalized spacial score (nSPS) is 30.5. The maximum atomic E-state index is 13.3. The second kappa shape index (κ2) is 8.17. The zero-order valence-electron chi connectivity index (χ0n) is 20.2. The predicted octanol–water partition coefficient (Wildman–Crippen LogP) is -5.14. The Labute approximate surface area is 207 Å². The Morgan fingerprint density at radius 2 is 1.97 bits per heavy atom. The first-order valence-electron chi connectivity index (χ1n) is 12.0. The maximum Gasteiger partial charge on any atom is 0.347 e. The fraction of sp³-hybridized carbons (Fsp3) is 0.522. The van der Waals surface area contributed by atoms with Crippen LogP contribution in [0.3, 0.4) is 0 Å². The molecule has 0 aliphatic carbocycles. The Morgan fingerprint density at radius 1 is 1.28 bits per heavy atom. The first-order chi connectivity index (χ1) is 17.0. The van der Waals surface area contributed by atoms with Crippen LogP contribution in [0.15, 0.2) is 18.2 Å². The molecule has 1 spiro atoms. The number of hydrogen-bond acceptors (Lipinski definition) is 9. The topological polar surface area (TPSA) is 200 Å². The second-order valence-electron chi connectivity index (χ2n) is 9.78. The Bertz CT molecular complexity index is 1210. The largest absolute Gasteiger partial charge is 0.358 e. The number of likely N-dealkylation sites (tertiary alicyclic amines) is 1. The molecule has 192 valence electrons. The SMILES string of the molecule is CCc1c(C)cccc1C(=O)NC1C[N+]2=C(N)N[C@@H](CN3C(=O)CCC3=O)[C@@H]3[NH+]=C(N)N[C@@]32C1(O)O. The van der Waals surface area contributed by atoms with Crippen LogP contribution in [-0.4, -0.2) is 92.0 Å². The number of rotatable bonds is 5. The first kappa shape index (κ1) is 24.0. The van der Waals surface area contributed by atoms with Crippen LogP contribution in [0.5, 0.6) is 0 Å². The fourth-order valence-corrected chi connectivity index (χ4v) is 6.04. The van der Waals surface area contributed by atoms with Gasteiger partial charge in [-0.05, 0) is 30.5 Å². The van der Waals surface area contributed by atoms with Crippen molar-refractivity contribution in [1.82, 2.24) is 20.9 Å². The highest BCUT2D eigenvalue weighted by atomic mass is 16.5. The lowest BCUT2D eigenvalue weighted by molar-refractivity contribution is -0.674. The summed E-state index contributed by atoms with van der Waals surface area (Å²) in [6, 6.07) is 2.71. The average Bonchev–Trinajstić information content (AvgIpc) is 3.41. The van der Waals surface area contributed by atoms with E-state index in [0.717, 1.165) is 16.0 Å². The van der Waals surface area contributed by atoms with E-state index in [2.05, 4.69) is 20.9 Å². The Kier molecular flexibility index (Phi) is 5.45. The van der Waals surface area contributed by atoms with E-state index in [1.165, 1.54) is 4.58 Å². The van der Waals surface area contributed by atoms with E-state index in [4.69, 9.17) is 11.5 Å². The van der Waals surface area contributed by atoms with E-state index in [1.54, 1.807) is 12.1 Å². The van der Waals surface area contributed by atoms with Gasteiger partial charge in [0.2, 0.25) is 11.8 Å². The number of carbonyl (C=O) groups is 3. The van der Waals surface area contributed by atoms with Gasteiger partial charge in [-0.2, -0.15) is 0 Å².